The first-order valence-corrected chi connectivity index (χ1v) is 32.8. The molecule has 2 fully saturated rings. The van der Waals surface area contributed by atoms with Crippen molar-refractivity contribution in [2.75, 3.05) is 88.5 Å². The van der Waals surface area contributed by atoms with E-state index >= 15 is 0 Å². The minimum absolute atomic E-state index is 0.121. The van der Waals surface area contributed by atoms with Crippen LogP contribution >= 0.6 is 22.7 Å². The molecule has 4 aromatic carbocycles. The summed E-state index contributed by atoms with van der Waals surface area (Å²) in [6.45, 7) is 11.4. The standard InChI is InChI=1S/C68H84N6O8S2/c75-65-31-27-53-25-29-55(79-45-15-13-35-69-37-41-71(42-38-69)59-19-17-21-63-57(59)33-47-83-63)49-61(53)73(65)51-81-67(77)23-11-9-7-5-3-1-2-4-6-8-10-12-24-68(78)82-52-74-62-50-56(30-26-54(62)28-32-66(74)76)80-46-16-14-36-70-39-43-72(44-40-70)60-20-18-22-64-58(60)34-48-84-64/h17-22,25-34,47-50H,1-16,23-24,35-46,51-52H2. The smallest absolute Gasteiger partial charge is 0.307 e. The van der Waals surface area contributed by atoms with Crippen LogP contribution in [-0.2, 0) is 32.5 Å². The number of carbonyl (C=O) groups is 2. The van der Waals surface area contributed by atoms with E-state index in [1.54, 1.807) is 34.8 Å². The Morgan fingerprint density at radius 2 is 0.810 bits per heavy atom. The van der Waals surface area contributed by atoms with Crippen LogP contribution in [0.25, 0.3) is 42.0 Å². The number of carbonyl (C=O) groups excluding carboxylic acids is 2. The second-order valence-electron chi connectivity index (χ2n) is 22.7. The fraction of sp³-hybridized carbons (Fsp3) is 0.471. The molecule has 2 aliphatic heterocycles. The maximum atomic E-state index is 12.9. The first-order valence-electron chi connectivity index (χ1n) is 31.0. The Balaban J connectivity index is 0.520. The van der Waals surface area contributed by atoms with Crippen molar-refractivity contribution in [3.8, 4) is 11.5 Å². The summed E-state index contributed by atoms with van der Waals surface area (Å²) in [5, 5.41) is 8.85. The van der Waals surface area contributed by atoms with Crippen molar-refractivity contribution in [2.24, 2.45) is 0 Å². The highest BCUT2D eigenvalue weighted by atomic mass is 32.1. The predicted octanol–water partition coefficient (Wildman–Crippen LogP) is 13.9. The van der Waals surface area contributed by atoms with Gasteiger partial charge in [0.25, 0.3) is 11.1 Å². The number of piperazine rings is 2. The van der Waals surface area contributed by atoms with Crippen LogP contribution in [0, 0.1) is 0 Å². The number of unbranched alkanes of at least 4 members (excludes halogenated alkanes) is 13. The lowest BCUT2D eigenvalue weighted by Crippen LogP contribution is -2.46. The van der Waals surface area contributed by atoms with Crippen LogP contribution in [0.1, 0.15) is 116 Å². The Labute approximate surface area is 502 Å². The number of hydrogen-bond donors (Lipinski definition) is 0. The van der Waals surface area contributed by atoms with E-state index < -0.39 is 0 Å². The van der Waals surface area contributed by atoms with Gasteiger partial charge in [0.05, 0.1) is 24.2 Å². The number of nitrogens with zero attached hydrogens (tertiary/aromatic N) is 6. The predicted molar refractivity (Wildman–Crippen MR) is 344 cm³/mol. The Bertz CT molecular complexity index is 3270. The van der Waals surface area contributed by atoms with Crippen LogP contribution in [0.3, 0.4) is 0 Å². The van der Waals surface area contributed by atoms with Gasteiger partial charge in [0.15, 0.2) is 13.5 Å². The van der Waals surface area contributed by atoms with E-state index in [1.165, 1.54) is 78.5 Å². The Kier molecular flexibility index (Phi) is 22.6. The highest BCUT2D eigenvalue weighted by molar-refractivity contribution is 7.17. The summed E-state index contributed by atoms with van der Waals surface area (Å²) in [4.78, 5) is 61.5. The maximum Gasteiger partial charge on any atom is 0.307 e. The zero-order valence-electron chi connectivity index (χ0n) is 48.9. The molecule has 446 valence electrons. The van der Waals surface area contributed by atoms with E-state index in [4.69, 9.17) is 18.9 Å². The van der Waals surface area contributed by atoms with E-state index in [9.17, 15) is 19.2 Å². The molecule has 0 spiro atoms. The maximum absolute atomic E-state index is 12.9. The quantitative estimate of drug-likeness (QED) is 0.0287. The van der Waals surface area contributed by atoms with Crippen molar-refractivity contribution in [1.29, 1.82) is 0 Å². The highest BCUT2D eigenvalue weighted by Gasteiger charge is 2.21. The van der Waals surface area contributed by atoms with Crippen LogP contribution in [0.4, 0.5) is 11.4 Å². The largest absolute Gasteiger partial charge is 0.494 e. The van der Waals surface area contributed by atoms with Gasteiger partial charge in [-0.15, -0.1) is 22.7 Å². The molecule has 0 aliphatic carbocycles. The number of pyridine rings is 2. The minimum Gasteiger partial charge on any atom is -0.494 e. The van der Waals surface area contributed by atoms with E-state index in [1.807, 2.05) is 36.4 Å². The fourth-order valence-corrected chi connectivity index (χ4v) is 13.5. The van der Waals surface area contributed by atoms with Crippen LogP contribution in [0.2, 0.25) is 0 Å². The number of hydrogen-bond acceptors (Lipinski definition) is 14. The highest BCUT2D eigenvalue weighted by Crippen LogP contribution is 2.33. The number of benzene rings is 4. The molecule has 14 nitrogen and oxygen atoms in total. The van der Waals surface area contributed by atoms with E-state index in [-0.39, 0.29) is 36.5 Å². The molecule has 6 heterocycles. The average Bonchev–Trinajstić information content (AvgIpc) is 3.82. The molecule has 0 atom stereocenters. The number of fused-ring (bicyclic) bond motifs is 4. The monoisotopic (exact) mass is 1180 g/mol. The van der Waals surface area contributed by atoms with E-state index in [0.29, 0.717) is 48.6 Å². The average molecular weight is 1180 g/mol. The van der Waals surface area contributed by atoms with Crippen LogP contribution in [0.5, 0.6) is 11.5 Å². The van der Waals surface area contributed by atoms with Crippen molar-refractivity contribution >= 4 is 88.0 Å². The molecule has 2 aliphatic rings. The van der Waals surface area contributed by atoms with Crippen molar-refractivity contribution < 1.29 is 28.5 Å². The van der Waals surface area contributed by atoms with Gasteiger partial charge in [0.1, 0.15) is 11.5 Å². The topological polar surface area (TPSA) is 128 Å². The number of anilines is 2. The van der Waals surface area contributed by atoms with E-state index in [2.05, 4.69) is 78.9 Å². The van der Waals surface area contributed by atoms with Gasteiger partial charge in [-0.2, -0.15) is 0 Å². The van der Waals surface area contributed by atoms with Crippen LogP contribution < -0.4 is 30.4 Å². The van der Waals surface area contributed by atoms with Crippen molar-refractivity contribution in [1.82, 2.24) is 18.9 Å². The Hall–Kier alpha value is -6.72. The normalized spacial score (nSPS) is 14.3. The Morgan fingerprint density at radius 1 is 0.417 bits per heavy atom. The summed E-state index contributed by atoms with van der Waals surface area (Å²) in [6.07, 6.45) is 17.3. The number of aromatic nitrogens is 2. The van der Waals surface area contributed by atoms with Gasteiger partial charge in [-0.3, -0.25) is 38.1 Å². The molecular formula is C68H84N6O8S2. The van der Waals surface area contributed by atoms with Gasteiger partial charge >= 0.3 is 11.9 Å². The molecule has 0 N–H and O–H groups in total. The first-order chi connectivity index (χ1) is 41.3. The van der Waals surface area contributed by atoms with Gasteiger partial charge in [0.2, 0.25) is 0 Å². The summed E-state index contributed by atoms with van der Waals surface area (Å²) >= 11 is 3.60. The zero-order valence-corrected chi connectivity index (χ0v) is 50.6. The third-order valence-electron chi connectivity index (χ3n) is 16.8. The molecule has 84 heavy (non-hydrogen) atoms. The lowest BCUT2D eigenvalue weighted by molar-refractivity contribution is -0.148. The zero-order chi connectivity index (χ0) is 57.7. The molecule has 2 saturated heterocycles. The van der Waals surface area contributed by atoms with Crippen molar-refractivity contribution in [3.05, 3.63) is 141 Å². The fourth-order valence-electron chi connectivity index (χ4n) is 11.9. The molecule has 0 unspecified atom stereocenters. The summed E-state index contributed by atoms with van der Waals surface area (Å²) in [5.41, 5.74) is 3.65. The molecule has 0 amide bonds. The Morgan fingerprint density at radius 3 is 1.23 bits per heavy atom. The first kappa shape index (κ1) is 60.4. The minimum atomic E-state index is -0.288. The van der Waals surface area contributed by atoms with Gasteiger partial charge in [-0.05, 0) is 146 Å². The van der Waals surface area contributed by atoms with Crippen molar-refractivity contribution in [3.63, 3.8) is 0 Å². The molecule has 0 radical (unpaired) electrons. The van der Waals surface area contributed by atoms with Gasteiger partial charge in [-0.25, -0.2) is 0 Å². The molecule has 4 aromatic heterocycles. The summed E-state index contributed by atoms with van der Waals surface area (Å²) in [5.74, 6) is 0.829. The van der Waals surface area contributed by atoms with Crippen LogP contribution in [0.15, 0.2) is 130 Å². The van der Waals surface area contributed by atoms with Crippen LogP contribution in [-0.4, -0.2) is 110 Å². The third kappa shape index (κ3) is 17.0. The summed E-state index contributed by atoms with van der Waals surface area (Å²) in [7, 11) is 0. The second kappa shape index (κ2) is 31.4. The third-order valence-corrected chi connectivity index (χ3v) is 18.6. The van der Waals surface area contributed by atoms with Gasteiger partial charge in [-0.1, -0.05) is 76.3 Å². The number of esters is 2. The lowest BCUT2D eigenvalue weighted by Gasteiger charge is -2.36. The molecule has 16 heteroatoms. The van der Waals surface area contributed by atoms with Gasteiger partial charge in [0, 0.05) is 121 Å². The number of ether oxygens (including phenoxy) is 4. The molecule has 0 bridgehead atoms. The molecule has 8 aromatic rings. The molecule has 10 rings (SSSR count). The van der Waals surface area contributed by atoms with Crippen molar-refractivity contribution in [2.45, 2.75) is 129 Å². The van der Waals surface area contributed by atoms with Gasteiger partial charge < -0.3 is 28.7 Å². The van der Waals surface area contributed by atoms with E-state index in [0.717, 1.165) is 153 Å². The molecule has 0 saturated carbocycles. The lowest BCUT2D eigenvalue weighted by atomic mass is 10.0. The number of rotatable bonds is 33. The summed E-state index contributed by atoms with van der Waals surface area (Å²) in [6, 6.07) is 35.9. The number of thiophene rings is 2. The second-order valence-corrected chi connectivity index (χ2v) is 24.6. The summed E-state index contributed by atoms with van der Waals surface area (Å²) < 4.78 is 29.3. The molecular weight excluding hydrogens is 1090 g/mol. The SMILES string of the molecule is O=C(CCCCCCCCCCCCCCC(=O)OCn1c(=O)ccc2ccc(OCCCCN3CCN(c4cccc5sccc45)CC3)cc21)OCn1c(=O)ccc2ccc(OCCCCN3CCN(c4cccc5sccc45)CC3)cc21.